The SMILES string of the molecule is CCNCc1sc(S(=O)(=O)N2CC=C(C)CC2)cc1C. The van der Waals surface area contributed by atoms with Crippen LogP contribution in [0.25, 0.3) is 0 Å². The minimum atomic E-state index is -3.33. The van der Waals surface area contributed by atoms with Gasteiger partial charge >= 0.3 is 0 Å². The second-order valence-corrected chi connectivity index (χ2v) is 8.42. The summed E-state index contributed by atoms with van der Waals surface area (Å²) < 4.78 is 27.3. The summed E-state index contributed by atoms with van der Waals surface area (Å²) in [5.74, 6) is 0. The summed E-state index contributed by atoms with van der Waals surface area (Å²) in [5, 5.41) is 3.25. The van der Waals surface area contributed by atoms with Crippen LogP contribution in [0, 0.1) is 6.92 Å². The third kappa shape index (κ3) is 3.31. The Morgan fingerprint density at radius 3 is 2.75 bits per heavy atom. The van der Waals surface area contributed by atoms with E-state index in [9.17, 15) is 8.42 Å². The molecule has 2 heterocycles. The molecule has 6 heteroatoms. The Balaban J connectivity index is 2.22. The lowest BCUT2D eigenvalue weighted by Gasteiger charge is -2.23. The number of nitrogens with one attached hydrogen (secondary N) is 1. The maximum absolute atomic E-state index is 12.6. The van der Waals surface area contributed by atoms with Crippen molar-refractivity contribution in [1.29, 1.82) is 0 Å². The molecule has 20 heavy (non-hydrogen) atoms. The number of hydrogen-bond donors (Lipinski definition) is 1. The van der Waals surface area contributed by atoms with Crippen LogP contribution in [0.3, 0.4) is 0 Å². The van der Waals surface area contributed by atoms with Gasteiger partial charge in [0.2, 0.25) is 0 Å². The highest BCUT2D eigenvalue weighted by molar-refractivity contribution is 7.91. The van der Waals surface area contributed by atoms with E-state index in [1.165, 1.54) is 16.9 Å². The van der Waals surface area contributed by atoms with Crippen molar-refractivity contribution in [3.8, 4) is 0 Å². The summed E-state index contributed by atoms with van der Waals surface area (Å²) >= 11 is 1.39. The quantitative estimate of drug-likeness (QED) is 0.850. The summed E-state index contributed by atoms with van der Waals surface area (Å²) in [6, 6.07) is 1.80. The molecular weight excluding hydrogens is 292 g/mol. The third-order valence-electron chi connectivity index (χ3n) is 3.53. The number of aryl methyl sites for hydroxylation is 1. The van der Waals surface area contributed by atoms with Crippen molar-refractivity contribution in [3.63, 3.8) is 0 Å². The van der Waals surface area contributed by atoms with Gasteiger partial charge in [0.05, 0.1) is 0 Å². The predicted molar refractivity (Wildman–Crippen MR) is 83.6 cm³/mol. The lowest BCUT2D eigenvalue weighted by Crippen LogP contribution is -2.34. The van der Waals surface area contributed by atoms with E-state index in [0.29, 0.717) is 17.3 Å². The van der Waals surface area contributed by atoms with E-state index < -0.39 is 10.0 Å². The highest BCUT2D eigenvalue weighted by atomic mass is 32.2. The number of sulfonamides is 1. The summed E-state index contributed by atoms with van der Waals surface area (Å²) in [7, 11) is -3.33. The van der Waals surface area contributed by atoms with Crippen molar-refractivity contribution < 1.29 is 8.42 Å². The molecule has 0 unspecified atom stereocenters. The van der Waals surface area contributed by atoms with Gasteiger partial charge < -0.3 is 5.32 Å². The number of nitrogens with zero attached hydrogens (tertiary/aromatic N) is 1. The molecule has 1 aromatic rings. The van der Waals surface area contributed by atoms with Crippen LogP contribution in [0.5, 0.6) is 0 Å². The molecule has 112 valence electrons. The van der Waals surface area contributed by atoms with Crippen LogP contribution in [-0.4, -0.2) is 32.4 Å². The van der Waals surface area contributed by atoms with Gasteiger partial charge in [0, 0.05) is 24.5 Å². The molecule has 0 atom stereocenters. The monoisotopic (exact) mass is 314 g/mol. The third-order valence-corrected chi connectivity index (χ3v) is 7.08. The predicted octanol–water partition coefficient (Wildman–Crippen LogP) is 2.51. The highest BCUT2D eigenvalue weighted by Crippen LogP contribution is 2.29. The van der Waals surface area contributed by atoms with Crippen LogP contribution in [0.4, 0.5) is 0 Å². The van der Waals surface area contributed by atoms with Crippen molar-refractivity contribution in [2.45, 2.75) is 37.9 Å². The molecule has 0 bridgehead atoms. The lowest BCUT2D eigenvalue weighted by molar-refractivity contribution is 0.433. The minimum absolute atomic E-state index is 0.468. The molecule has 0 fully saturated rings. The van der Waals surface area contributed by atoms with Crippen molar-refractivity contribution in [2.24, 2.45) is 0 Å². The Morgan fingerprint density at radius 2 is 2.15 bits per heavy atom. The van der Waals surface area contributed by atoms with Crippen molar-refractivity contribution in [2.75, 3.05) is 19.6 Å². The van der Waals surface area contributed by atoms with Gasteiger partial charge in [-0.3, -0.25) is 0 Å². The number of rotatable bonds is 5. The minimum Gasteiger partial charge on any atom is -0.312 e. The Hall–Kier alpha value is -0.690. The zero-order valence-electron chi connectivity index (χ0n) is 12.3. The van der Waals surface area contributed by atoms with Crippen LogP contribution in [-0.2, 0) is 16.6 Å². The van der Waals surface area contributed by atoms with E-state index in [2.05, 4.69) is 5.32 Å². The zero-order chi connectivity index (χ0) is 14.8. The molecule has 1 aliphatic rings. The number of thiophene rings is 1. The standard InChI is InChI=1S/C14H22N2O2S2/c1-4-15-10-13-12(3)9-14(19-13)20(17,18)16-7-5-11(2)6-8-16/h5,9,15H,4,6-8,10H2,1-3H3. The Labute approximate surface area is 125 Å². The summed E-state index contributed by atoms with van der Waals surface area (Å²) in [4.78, 5) is 1.11. The van der Waals surface area contributed by atoms with E-state index in [4.69, 9.17) is 0 Å². The second kappa shape index (κ2) is 6.39. The molecule has 0 saturated carbocycles. The molecule has 0 amide bonds. The van der Waals surface area contributed by atoms with Crippen LogP contribution in [0.1, 0.15) is 30.7 Å². The molecular formula is C14H22N2O2S2. The van der Waals surface area contributed by atoms with Crippen LogP contribution in [0.15, 0.2) is 21.9 Å². The van der Waals surface area contributed by atoms with Crippen LogP contribution in [0.2, 0.25) is 0 Å². The van der Waals surface area contributed by atoms with Gasteiger partial charge in [-0.05, 0) is 38.4 Å². The topological polar surface area (TPSA) is 49.4 Å². The molecule has 1 N–H and O–H groups in total. The Kier molecular flexibility index (Phi) is 5.01. The molecule has 0 aliphatic carbocycles. The van der Waals surface area contributed by atoms with Gasteiger partial charge in [-0.1, -0.05) is 18.6 Å². The highest BCUT2D eigenvalue weighted by Gasteiger charge is 2.27. The molecule has 0 aromatic carbocycles. The fourth-order valence-corrected chi connectivity index (χ4v) is 5.22. The zero-order valence-corrected chi connectivity index (χ0v) is 13.9. The Bertz CT molecular complexity index is 603. The molecule has 1 aromatic heterocycles. The molecule has 0 saturated heterocycles. The normalized spacial score (nSPS) is 17.2. The lowest BCUT2D eigenvalue weighted by atomic mass is 10.1. The summed E-state index contributed by atoms with van der Waals surface area (Å²) in [5.41, 5.74) is 2.32. The van der Waals surface area contributed by atoms with Crippen molar-refractivity contribution in [3.05, 3.63) is 28.2 Å². The van der Waals surface area contributed by atoms with Gasteiger partial charge in [-0.2, -0.15) is 4.31 Å². The van der Waals surface area contributed by atoms with E-state index in [0.717, 1.165) is 30.0 Å². The van der Waals surface area contributed by atoms with E-state index in [-0.39, 0.29) is 0 Å². The van der Waals surface area contributed by atoms with Crippen LogP contribution < -0.4 is 5.32 Å². The van der Waals surface area contributed by atoms with E-state index >= 15 is 0 Å². The molecule has 1 aliphatic heterocycles. The fraction of sp³-hybridized carbons (Fsp3) is 0.571. The maximum atomic E-state index is 12.6. The van der Waals surface area contributed by atoms with Gasteiger partial charge in [-0.25, -0.2) is 8.42 Å². The first-order valence-electron chi connectivity index (χ1n) is 6.91. The average Bonchev–Trinajstić information content (AvgIpc) is 2.79. The van der Waals surface area contributed by atoms with E-state index in [1.54, 1.807) is 10.4 Å². The van der Waals surface area contributed by atoms with Gasteiger partial charge in [0.15, 0.2) is 0 Å². The molecule has 2 rings (SSSR count). The van der Waals surface area contributed by atoms with Gasteiger partial charge in [0.1, 0.15) is 4.21 Å². The molecule has 4 nitrogen and oxygen atoms in total. The summed E-state index contributed by atoms with van der Waals surface area (Å²) in [6.45, 7) is 8.77. The molecule has 0 spiro atoms. The van der Waals surface area contributed by atoms with Crippen molar-refractivity contribution in [1.82, 2.24) is 9.62 Å². The van der Waals surface area contributed by atoms with Gasteiger partial charge in [0.25, 0.3) is 10.0 Å². The van der Waals surface area contributed by atoms with Crippen LogP contribution >= 0.6 is 11.3 Å². The molecule has 0 radical (unpaired) electrons. The van der Waals surface area contributed by atoms with E-state index in [1.807, 2.05) is 26.8 Å². The first-order valence-corrected chi connectivity index (χ1v) is 9.16. The van der Waals surface area contributed by atoms with Gasteiger partial charge in [-0.15, -0.1) is 11.3 Å². The average molecular weight is 314 g/mol. The largest absolute Gasteiger partial charge is 0.312 e. The number of hydrogen-bond acceptors (Lipinski definition) is 4. The first kappa shape index (κ1) is 15.7. The first-order chi connectivity index (χ1) is 9.45. The Morgan fingerprint density at radius 1 is 1.40 bits per heavy atom. The maximum Gasteiger partial charge on any atom is 0.252 e. The summed E-state index contributed by atoms with van der Waals surface area (Å²) in [6.07, 6.45) is 2.83. The second-order valence-electron chi connectivity index (χ2n) is 5.12. The fourth-order valence-electron chi connectivity index (χ4n) is 2.13. The van der Waals surface area contributed by atoms with Crippen molar-refractivity contribution >= 4 is 21.4 Å². The smallest absolute Gasteiger partial charge is 0.252 e.